The van der Waals surface area contributed by atoms with Crippen molar-refractivity contribution in [2.45, 2.75) is 6.61 Å². The molecule has 0 aromatic heterocycles. The molecule has 0 aliphatic rings. The van der Waals surface area contributed by atoms with E-state index in [1.807, 2.05) is 30.3 Å². The lowest BCUT2D eigenvalue weighted by Crippen LogP contribution is -2.11. The van der Waals surface area contributed by atoms with Crippen LogP contribution in [0, 0.1) is 5.82 Å². The number of benzene rings is 2. The van der Waals surface area contributed by atoms with Gasteiger partial charge in [-0.3, -0.25) is 0 Å². The molecular formula is C14H12FNOS. The normalized spacial score (nSPS) is 10.1. The number of halogens is 1. The molecule has 0 aliphatic heterocycles. The zero-order chi connectivity index (χ0) is 13.0. The molecule has 92 valence electrons. The Morgan fingerprint density at radius 3 is 2.50 bits per heavy atom. The Morgan fingerprint density at radius 2 is 1.89 bits per heavy atom. The Bertz CT molecular complexity index is 557. The fourth-order valence-corrected chi connectivity index (χ4v) is 1.69. The molecule has 0 saturated heterocycles. The molecule has 0 unspecified atom stereocenters. The van der Waals surface area contributed by atoms with Crippen LogP contribution in [0.3, 0.4) is 0 Å². The van der Waals surface area contributed by atoms with Crippen LogP contribution in [0.1, 0.15) is 11.1 Å². The van der Waals surface area contributed by atoms with E-state index in [0.29, 0.717) is 12.4 Å². The van der Waals surface area contributed by atoms with Crippen LogP contribution in [0.15, 0.2) is 48.5 Å². The lowest BCUT2D eigenvalue weighted by Gasteiger charge is -2.08. The van der Waals surface area contributed by atoms with Crippen molar-refractivity contribution >= 4 is 17.2 Å². The molecule has 0 radical (unpaired) electrons. The van der Waals surface area contributed by atoms with Crippen molar-refractivity contribution in [1.82, 2.24) is 0 Å². The fraction of sp³-hybridized carbons (Fsp3) is 0.0714. The zero-order valence-corrected chi connectivity index (χ0v) is 10.4. The molecule has 0 heterocycles. The molecule has 0 bridgehead atoms. The molecule has 2 N–H and O–H groups in total. The van der Waals surface area contributed by atoms with Crippen molar-refractivity contribution in [3.05, 3.63) is 65.5 Å². The summed E-state index contributed by atoms with van der Waals surface area (Å²) in [5, 5.41) is 0. The van der Waals surface area contributed by atoms with Crippen LogP contribution in [0.5, 0.6) is 5.75 Å². The molecule has 0 amide bonds. The molecule has 0 spiro atoms. The van der Waals surface area contributed by atoms with Gasteiger partial charge >= 0.3 is 0 Å². The molecule has 0 fully saturated rings. The average molecular weight is 261 g/mol. The molecular weight excluding hydrogens is 249 g/mol. The van der Waals surface area contributed by atoms with Crippen LogP contribution in [0.25, 0.3) is 0 Å². The second-order valence-corrected chi connectivity index (χ2v) is 4.22. The van der Waals surface area contributed by atoms with Gasteiger partial charge < -0.3 is 10.5 Å². The third-order valence-electron chi connectivity index (χ3n) is 2.45. The smallest absolute Gasteiger partial charge is 0.137 e. The first kappa shape index (κ1) is 12.5. The maximum Gasteiger partial charge on any atom is 0.137 e. The number of thiocarbonyl (C=S) groups is 1. The molecule has 4 heteroatoms. The van der Waals surface area contributed by atoms with Crippen LogP contribution in [0.4, 0.5) is 4.39 Å². The fourth-order valence-electron chi connectivity index (χ4n) is 1.53. The SMILES string of the molecule is NC(=S)c1ccc(OCc2ccccc2)cc1F. The molecule has 2 nitrogen and oxygen atoms in total. The summed E-state index contributed by atoms with van der Waals surface area (Å²) in [6, 6.07) is 14.1. The number of nitrogens with two attached hydrogens (primary N) is 1. The van der Waals surface area contributed by atoms with Gasteiger partial charge in [0.1, 0.15) is 23.2 Å². The van der Waals surface area contributed by atoms with Crippen molar-refractivity contribution in [1.29, 1.82) is 0 Å². The minimum atomic E-state index is -0.465. The predicted molar refractivity (Wildman–Crippen MR) is 73.1 cm³/mol. The van der Waals surface area contributed by atoms with E-state index in [1.54, 1.807) is 6.07 Å². The van der Waals surface area contributed by atoms with Gasteiger partial charge in [-0.15, -0.1) is 0 Å². The van der Waals surface area contributed by atoms with Crippen LogP contribution >= 0.6 is 12.2 Å². The maximum absolute atomic E-state index is 13.6. The van der Waals surface area contributed by atoms with Gasteiger partial charge in [0, 0.05) is 11.6 Å². The highest BCUT2D eigenvalue weighted by Crippen LogP contribution is 2.17. The highest BCUT2D eigenvalue weighted by Gasteiger charge is 2.06. The first-order valence-electron chi connectivity index (χ1n) is 5.43. The first-order chi connectivity index (χ1) is 8.66. The van der Waals surface area contributed by atoms with Gasteiger partial charge in [0.15, 0.2) is 0 Å². The van der Waals surface area contributed by atoms with Crippen LogP contribution < -0.4 is 10.5 Å². The highest BCUT2D eigenvalue weighted by molar-refractivity contribution is 7.80. The van der Waals surface area contributed by atoms with E-state index >= 15 is 0 Å². The Kier molecular flexibility index (Phi) is 3.89. The van der Waals surface area contributed by atoms with Gasteiger partial charge in [-0.1, -0.05) is 42.5 Å². The number of rotatable bonds is 4. The van der Waals surface area contributed by atoms with E-state index in [4.69, 9.17) is 22.7 Å². The summed E-state index contributed by atoms with van der Waals surface area (Å²) in [7, 11) is 0. The Labute approximate surface area is 110 Å². The zero-order valence-electron chi connectivity index (χ0n) is 9.60. The molecule has 2 rings (SSSR count). The molecule has 2 aromatic rings. The monoisotopic (exact) mass is 261 g/mol. The van der Waals surface area contributed by atoms with Crippen molar-refractivity contribution in [3.8, 4) is 5.75 Å². The second kappa shape index (κ2) is 5.60. The minimum Gasteiger partial charge on any atom is -0.489 e. The van der Waals surface area contributed by atoms with E-state index in [2.05, 4.69) is 0 Å². The topological polar surface area (TPSA) is 35.2 Å². The number of ether oxygens (including phenoxy) is 1. The lowest BCUT2D eigenvalue weighted by atomic mass is 10.2. The van der Waals surface area contributed by atoms with Crippen LogP contribution in [-0.4, -0.2) is 4.99 Å². The largest absolute Gasteiger partial charge is 0.489 e. The summed E-state index contributed by atoms with van der Waals surface area (Å²) in [4.78, 5) is 0.0436. The number of hydrogen-bond acceptors (Lipinski definition) is 2. The molecule has 18 heavy (non-hydrogen) atoms. The van der Waals surface area contributed by atoms with E-state index < -0.39 is 5.82 Å². The van der Waals surface area contributed by atoms with E-state index in [0.717, 1.165) is 5.56 Å². The molecule has 0 aliphatic carbocycles. The van der Waals surface area contributed by atoms with E-state index in [9.17, 15) is 4.39 Å². The van der Waals surface area contributed by atoms with Crippen LogP contribution in [-0.2, 0) is 6.61 Å². The predicted octanol–water partition coefficient (Wildman–Crippen LogP) is 3.04. The van der Waals surface area contributed by atoms with Crippen LogP contribution in [0.2, 0.25) is 0 Å². The summed E-state index contributed by atoms with van der Waals surface area (Å²) in [5.74, 6) is -0.00980. The maximum atomic E-state index is 13.6. The quantitative estimate of drug-likeness (QED) is 0.859. The summed E-state index contributed by atoms with van der Waals surface area (Å²) < 4.78 is 19.1. The lowest BCUT2D eigenvalue weighted by molar-refractivity contribution is 0.304. The van der Waals surface area contributed by atoms with Gasteiger partial charge in [-0.2, -0.15) is 0 Å². The van der Waals surface area contributed by atoms with E-state index in [-0.39, 0.29) is 10.6 Å². The summed E-state index contributed by atoms with van der Waals surface area (Å²) in [6.45, 7) is 0.396. The summed E-state index contributed by atoms with van der Waals surface area (Å²) >= 11 is 4.73. The Morgan fingerprint density at radius 1 is 1.17 bits per heavy atom. The minimum absolute atomic E-state index is 0.0436. The van der Waals surface area contributed by atoms with Gasteiger partial charge in [0.25, 0.3) is 0 Å². The summed E-state index contributed by atoms with van der Waals surface area (Å²) in [6.07, 6.45) is 0. The molecule has 2 aromatic carbocycles. The van der Waals surface area contributed by atoms with Gasteiger partial charge in [-0.05, 0) is 17.7 Å². The third kappa shape index (κ3) is 3.05. The Balaban J connectivity index is 2.07. The standard InChI is InChI=1S/C14H12FNOS/c15-13-8-11(6-7-12(13)14(16)18)17-9-10-4-2-1-3-5-10/h1-8H,9H2,(H2,16,18). The second-order valence-electron chi connectivity index (χ2n) is 3.78. The van der Waals surface area contributed by atoms with E-state index in [1.165, 1.54) is 12.1 Å². The third-order valence-corrected chi connectivity index (χ3v) is 2.67. The summed E-state index contributed by atoms with van der Waals surface area (Å²) in [5.41, 5.74) is 6.64. The molecule has 0 atom stereocenters. The first-order valence-corrected chi connectivity index (χ1v) is 5.84. The van der Waals surface area contributed by atoms with Gasteiger partial charge in [-0.25, -0.2) is 4.39 Å². The van der Waals surface area contributed by atoms with Crippen molar-refractivity contribution < 1.29 is 9.13 Å². The van der Waals surface area contributed by atoms with Gasteiger partial charge in [0.2, 0.25) is 0 Å². The van der Waals surface area contributed by atoms with Gasteiger partial charge in [0.05, 0.1) is 0 Å². The molecule has 0 saturated carbocycles. The van der Waals surface area contributed by atoms with Crippen molar-refractivity contribution in [2.24, 2.45) is 5.73 Å². The number of hydrogen-bond donors (Lipinski definition) is 1. The average Bonchev–Trinajstić information content (AvgIpc) is 2.37. The highest BCUT2D eigenvalue weighted by atomic mass is 32.1. The van der Waals surface area contributed by atoms with Crippen molar-refractivity contribution in [3.63, 3.8) is 0 Å². The Hall–Kier alpha value is -1.94. The van der Waals surface area contributed by atoms with Crippen molar-refractivity contribution in [2.75, 3.05) is 0 Å².